The van der Waals surface area contributed by atoms with Gasteiger partial charge in [0.1, 0.15) is 4.90 Å². The Hall–Kier alpha value is -3.64. The van der Waals surface area contributed by atoms with E-state index in [1.165, 1.54) is 22.6 Å². The molecule has 2 heterocycles. The molecule has 0 spiro atoms. The van der Waals surface area contributed by atoms with E-state index in [4.69, 9.17) is 5.26 Å². The molecule has 3 aromatic rings. The first-order valence-corrected chi connectivity index (χ1v) is 12.2. The largest absolute Gasteiger partial charge is 0.339 e. The molecule has 9 heteroatoms. The molecule has 170 valence electrons. The first-order valence-electron chi connectivity index (χ1n) is 10.7. The van der Waals surface area contributed by atoms with Crippen LogP contribution in [-0.4, -0.2) is 42.1 Å². The van der Waals surface area contributed by atoms with Crippen LogP contribution in [0.25, 0.3) is 0 Å². The Labute approximate surface area is 193 Å². The van der Waals surface area contributed by atoms with Crippen molar-refractivity contribution in [3.63, 3.8) is 0 Å². The maximum Gasteiger partial charge on any atom is 0.265 e. The number of anilines is 1. The third kappa shape index (κ3) is 4.91. The zero-order chi connectivity index (χ0) is 23.6. The van der Waals surface area contributed by atoms with E-state index in [0.717, 1.165) is 18.4 Å². The van der Waals surface area contributed by atoms with Gasteiger partial charge in [0, 0.05) is 31.9 Å². The van der Waals surface area contributed by atoms with Gasteiger partial charge in [-0.15, -0.1) is 0 Å². The van der Waals surface area contributed by atoms with Crippen LogP contribution >= 0.6 is 0 Å². The Bertz CT molecular complexity index is 1310. The quantitative estimate of drug-likeness (QED) is 0.624. The van der Waals surface area contributed by atoms with Gasteiger partial charge in [0.15, 0.2) is 0 Å². The van der Waals surface area contributed by atoms with E-state index < -0.39 is 10.0 Å². The highest BCUT2D eigenvalue weighted by Gasteiger charge is 2.25. The maximum atomic E-state index is 13.1. The molecule has 1 aliphatic heterocycles. The van der Waals surface area contributed by atoms with E-state index in [0.29, 0.717) is 35.8 Å². The molecule has 1 fully saturated rings. The number of hydrogen-bond donors (Lipinski definition) is 1. The van der Waals surface area contributed by atoms with Crippen molar-refractivity contribution in [2.24, 2.45) is 7.05 Å². The molecule has 0 aliphatic carbocycles. The normalized spacial score (nSPS) is 14.6. The minimum Gasteiger partial charge on any atom is -0.339 e. The summed E-state index contributed by atoms with van der Waals surface area (Å²) >= 11 is 0. The van der Waals surface area contributed by atoms with E-state index >= 15 is 0 Å². The highest BCUT2D eigenvalue weighted by Crippen LogP contribution is 2.29. The van der Waals surface area contributed by atoms with Gasteiger partial charge in [0.25, 0.3) is 15.9 Å². The third-order valence-corrected chi connectivity index (χ3v) is 7.33. The topological polar surface area (TPSA) is 108 Å². The molecular weight excluding hydrogens is 438 g/mol. The van der Waals surface area contributed by atoms with Crippen LogP contribution in [0.2, 0.25) is 0 Å². The average molecular weight is 464 g/mol. The van der Waals surface area contributed by atoms with Crippen LogP contribution in [-0.2, 0) is 17.1 Å². The van der Waals surface area contributed by atoms with Crippen LogP contribution in [0.5, 0.6) is 0 Å². The zero-order valence-corrected chi connectivity index (χ0v) is 19.3. The number of carbonyl (C=O) groups excluding carboxylic acids is 1. The number of nitrogens with one attached hydrogen (secondary N) is 1. The number of aryl methyl sites for hydroxylation is 2. The van der Waals surface area contributed by atoms with E-state index in [-0.39, 0.29) is 10.8 Å². The molecule has 0 unspecified atom stereocenters. The fourth-order valence-corrected chi connectivity index (χ4v) is 5.14. The number of rotatable bonds is 5. The number of benzene rings is 2. The van der Waals surface area contributed by atoms with E-state index in [1.807, 2.05) is 29.2 Å². The second-order valence-electron chi connectivity index (χ2n) is 8.29. The number of hydrogen-bond acceptors (Lipinski definition) is 5. The summed E-state index contributed by atoms with van der Waals surface area (Å²) in [5, 5.41) is 12.9. The summed E-state index contributed by atoms with van der Waals surface area (Å²) in [5.41, 5.74) is 3.36. The van der Waals surface area contributed by atoms with Gasteiger partial charge in [-0.1, -0.05) is 18.2 Å². The van der Waals surface area contributed by atoms with Gasteiger partial charge < -0.3 is 4.90 Å². The highest BCUT2D eigenvalue weighted by molar-refractivity contribution is 7.92. The number of nitriles is 1. The smallest absolute Gasteiger partial charge is 0.265 e. The van der Waals surface area contributed by atoms with Gasteiger partial charge in [-0.3, -0.25) is 14.2 Å². The Morgan fingerprint density at radius 2 is 1.85 bits per heavy atom. The van der Waals surface area contributed by atoms with E-state index in [2.05, 4.69) is 15.9 Å². The summed E-state index contributed by atoms with van der Waals surface area (Å²) in [6.07, 6.45) is 4.38. The van der Waals surface area contributed by atoms with Crippen LogP contribution < -0.4 is 4.72 Å². The zero-order valence-electron chi connectivity index (χ0n) is 18.5. The molecule has 8 nitrogen and oxygen atoms in total. The molecule has 1 amide bonds. The summed E-state index contributed by atoms with van der Waals surface area (Å²) < 4.78 is 29.4. The lowest BCUT2D eigenvalue weighted by molar-refractivity contribution is 0.0713. The fourth-order valence-electron chi connectivity index (χ4n) is 4.03. The Kier molecular flexibility index (Phi) is 6.20. The number of amides is 1. The molecule has 1 saturated heterocycles. The molecule has 33 heavy (non-hydrogen) atoms. The van der Waals surface area contributed by atoms with E-state index in [1.54, 1.807) is 32.2 Å². The number of aromatic nitrogens is 2. The van der Waals surface area contributed by atoms with Gasteiger partial charge >= 0.3 is 0 Å². The van der Waals surface area contributed by atoms with Crippen molar-refractivity contribution in [3.05, 3.63) is 77.1 Å². The Morgan fingerprint density at radius 1 is 1.15 bits per heavy atom. The lowest BCUT2D eigenvalue weighted by Gasteiger charge is -2.32. The minimum absolute atomic E-state index is 0.0611. The molecule has 2 aromatic carbocycles. The van der Waals surface area contributed by atoms with Crippen LogP contribution in [0.1, 0.15) is 45.8 Å². The number of likely N-dealkylation sites (tertiary alicyclic amines) is 1. The third-order valence-electron chi connectivity index (χ3n) is 6.01. The molecule has 0 atom stereocenters. The minimum atomic E-state index is -3.80. The van der Waals surface area contributed by atoms with Crippen molar-refractivity contribution < 1.29 is 13.2 Å². The SMILES string of the molecule is Cc1ccc(C(=O)N2CCC(c3ccc(C#N)cc3)CC2)cc1NS(=O)(=O)c1cnn(C)c1. The summed E-state index contributed by atoms with van der Waals surface area (Å²) in [5.74, 6) is 0.233. The molecule has 1 N–H and O–H groups in total. The van der Waals surface area contributed by atoms with Crippen molar-refractivity contribution >= 4 is 21.6 Å². The summed E-state index contributed by atoms with van der Waals surface area (Å²) in [6.45, 7) is 3.03. The van der Waals surface area contributed by atoms with E-state index in [9.17, 15) is 13.2 Å². The average Bonchev–Trinajstić information content (AvgIpc) is 3.27. The summed E-state index contributed by atoms with van der Waals surface area (Å²) in [7, 11) is -2.16. The number of sulfonamides is 1. The van der Waals surface area contributed by atoms with Crippen molar-refractivity contribution in [1.82, 2.24) is 14.7 Å². The van der Waals surface area contributed by atoms with Crippen molar-refractivity contribution in [1.29, 1.82) is 5.26 Å². The number of piperidine rings is 1. The molecule has 1 aliphatic rings. The van der Waals surface area contributed by atoms with Crippen LogP contribution in [0.4, 0.5) is 5.69 Å². The standard InChI is InChI=1S/C24H25N5O3S/c1-17-3-6-21(13-23(17)27-33(31,32)22-15-26-28(2)16-22)24(30)29-11-9-20(10-12-29)19-7-4-18(14-25)5-8-19/h3-8,13,15-16,20,27H,9-12H2,1-2H3. The second kappa shape index (κ2) is 9.08. The van der Waals surface area contributed by atoms with Crippen molar-refractivity contribution in [2.75, 3.05) is 17.8 Å². The predicted molar refractivity (Wildman–Crippen MR) is 124 cm³/mol. The molecular formula is C24H25N5O3S. The molecule has 1 aromatic heterocycles. The monoisotopic (exact) mass is 463 g/mol. The number of nitrogens with zero attached hydrogens (tertiary/aromatic N) is 4. The van der Waals surface area contributed by atoms with Gasteiger partial charge in [-0.25, -0.2) is 8.42 Å². The predicted octanol–water partition coefficient (Wildman–Crippen LogP) is 3.42. The molecule has 0 radical (unpaired) electrons. The van der Waals surface area contributed by atoms with Gasteiger partial charge in [0.2, 0.25) is 0 Å². The summed E-state index contributed by atoms with van der Waals surface area (Å²) in [4.78, 5) is 15.0. The molecule has 0 saturated carbocycles. The van der Waals surface area contributed by atoms with Gasteiger partial charge in [-0.2, -0.15) is 10.4 Å². The molecule has 0 bridgehead atoms. The van der Waals surface area contributed by atoms with Crippen molar-refractivity contribution in [2.45, 2.75) is 30.6 Å². The van der Waals surface area contributed by atoms with Crippen molar-refractivity contribution in [3.8, 4) is 6.07 Å². The van der Waals surface area contributed by atoms with Crippen LogP contribution in [0, 0.1) is 18.3 Å². The van der Waals surface area contributed by atoms with Crippen LogP contribution in [0.3, 0.4) is 0 Å². The van der Waals surface area contributed by atoms with Gasteiger partial charge in [-0.05, 0) is 61.1 Å². The van der Waals surface area contributed by atoms with Crippen LogP contribution in [0.15, 0.2) is 59.8 Å². The fraction of sp³-hybridized carbons (Fsp3) is 0.292. The Morgan fingerprint density at radius 3 is 2.45 bits per heavy atom. The highest BCUT2D eigenvalue weighted by atomic mass is 32.2. The molecule has 4 rings (SSSR count). The Balaban J connectivity index is 1.45. The first kappa shape index (κ1) is 22.6. The first-order chi connectivity index (χ1) is 15.8. The lowest BCUT2D eigenvalue weighted by atomic mass is 9.89. The number of carbonyl (C=O) groups is 1. The van der Waals surface area contributed by atoms with Gasteiger partial charge in [0.05, 0.1) is 23.5 Å². The second-order valence-corrected chi connectivity index (χ2v) is 9.97. The summed E-state index contributed by atoms with van der Waals surface area (Å²) in [6, 6.07) is 14.8. The lowest BCUT2D eigenvalue weighted by Crippen LogP contribution is -2.38. The maximum absolute atomic E-state index is 13.1.